The van der Waals surface area contributed by atoms with Crippen LogP contribution in [-0.2, 0) is 4.79 Å². The molecule has 0 spiro atoms. The Morgan fingerprint density at radius 3 is 2.57 bits per heavy atom. The van der Waals surface area contributed by atoms with Crippen molar-refractivity contribution in [1.29, 1.82) is 0 Å². The molecule has 6 nitrogen and oxygen atoms in total. The van der Waals surface area contributed by atoms with E-state index in [0.29, 0.717) is 39.0 Å². The summed E-state index contributed by atoms with van der Waals surface area (Å²) < 4.78 is 0. The van der Waals surface area contributed by atoms with Gasteiger partial charge in [0.25, 0.3) is 0 Å². The zero-order chi connectivity index (χ0) is 16.6. The van der Waals surface area contributed by atoms with E-state index >= 15 is 0 Å². The Hall–Kier alpha value is -0.803. The SMILES string of the molecule is CCCC/C=C/CC([O-])=NCCN(CCCO)CCC(=O)O.[Li+]. The van der Waals surface area contributed by atoms with Crippen LogP contribution in [0.25, 0.3) is 0 Å². The minimum atomic E-state index is -0.848. The predicted molar refractivity (Wildman–Crippen MR) is 86.0 cm³/mol. The first-order valence-electron chi connectivity index (χ1n) is 8.00. The minimum Gasteiger partial charge on any atom is -0.862 e. The third-order valence-corrected chi connectivity index (χ3v) is 3.16. The molecule has 23 heavy (non-hydrogen) atoms. The van der Waals surface area contributed by atoms with Gasteiger partial charge in [0.2, 0.25) is 0 Å². The number of aliphatic hydroxyl groups is 1. The van der Waals surface area contributed by atoms with Crippen molar-refractivity contribution >= 4 is 11.9 Å². The van der Waals surface area contributed by atoms with Gasteiger partial charge in [-0.1, -0.05) is 31.9 Å². The topological polar surface area (TPSA) is 96.2 Å². The molecule has 0 saturated heterocycles. The van der Waals surface area contributed by atoms with E-state index in [4.69, 9.17) is 10.2 Å². The summed E-state index contributed by atoms with van der Waals surface area (Å²) in [7, 11) is 0. The van der Waals surface area contributed by atoms with Crippen LogP contribution < -0.4 is 24.0 Å². The number of hydrogen-bond acceptors (Lipinski definition) is 5. The van der Waals surface area contributed by atoms with Crippen molar-refractivity contribution in [1.82, 2.24) is 4.90 Å². The van der Waals surface area contributed by atoms with E-state index in [9.17, 15) is 9.90 Å². The maximum atomic E-state index is 11.6. The van der Waals surface area contributed by atoms with Gasteiger partial charge in [0.05, 0.1) is 13.0 Å². The molecule has 0 aliphatic carbocycles. The molecular weight excluding hydrogens is 291 g/mol. The molecule has 128 valence electrons. The summed E-state index contributed by atoms with van der Waals surface area (Å²) >= 11 is 0. The molecule has 0 aromatic rings. The molecule has 0 aliphatic rings. The van der Waals surface area contributed by atoms with Crippen LogP contribution in [0.5, 0.6) is 0 Å². The average molecular weight is 320 g/mol. The maximum absolute atomic E-state index is 11.6. The summed E-state index contributed by atoms with van der Waals surface area (Å²) in [5.41, 5.74) is 0. The maximum Gasteiger partial charge on any atom is 1.00 e. The van der Waals surface area contributed by atoms with Crippen LogP contribution >= 0.6 is 0 Å². The van der Waals surface area contributed by atoms with Gasteiger partial charge in [-0.05, 0) is 25.2 Å². The van der Waals surface area contributed by atoms with Crippen molar-refractivity contribution in [2.45, 2.75) is 45.4 Å². The number of rotatable bonds is 14. The van der Waals surface area contributed by atoms with E-state index in [1.807, 2.05) is 17.1 Å². The van der Waals surface area contributed by atoms with Crippen molar-refractivity contribution < 1.29 is 39.0 Å². The van der Waals surface area contributed by atoms with E-state index in [2.05, 4.69) is 11.9 Å². The van der Waals surface area contributed by atoms with Crippen LogP contribution in [0.2, 0.25) is 0 Å². The molecule has 0 aliphatic heterocycles. The Morgan fingerprint density at radius 1 is 1.22 bits per heavy atom. The number of unbranched alkanes of at least 4 members (excludes halogenated alkanes) is 2. The molecule has 0 saturated carbocycles. The van der Waals surface area contributed by atoms with Gasteiger partial charge in [0.15, 0.2) is 0 Å². The van der Waals surface area contributed by atoms with Gasteiger partial charge in [0.1, 0.15) is 0 Å². The largest absolute Gasteiger partial charge is 1.00 e. The van der Waals surface area contributed by atoms with Crippen molar-refractivity contribution in [3.63, 3.8) is 0 Å². The van der Waals surface area contributed by atoms with Crippen LogP contribution in [-0.4, -0.2) is 59.8 Å². The van der Waals surface area contributed by atoms with E-state index in [0.717, 1.165) is 19.3 Å². The van der Waals surface area contributed by atoms with Crippen molar-refractivity contribution in [2.24, 2.45) is 4.99 Å². The van der Waals surface area contributed by atoms with Gasteiger partial charge < -0.3 is 25.2 Å². The standard InChI is InChI=1S/C16H30N2O4.Li/c1-2-3-4-5-6-8-15(20)17-10-13-18(11-7-14-19)12-9-16(21)22;/h5-6,19H,2-4,7-14H2,1H3,(H,17,20)(H,21,22);/q;+1/p-1/b6-5+;. The van der Waals surface area contributed by atoms with Crippen molar-refractivity contribution in [2.75, 3.05) is 32.8 Å². The molecule has 0 bridgehead atoms. The number of hydrogen-bond donors (Lipinski definition) is 2. The second-order valence-corrected chi connectivity index (χ2v) is 5.16. The molecule has 0 amide bonds. The Kier molecular flexibility index (Phi) is 18.7. The van der Waals surface area contributed by atoms with Crippen LogP contribution in [0, 0.1) is 0 Å². The summed E-state index contributed by atoms with van der Waals surface area (Å²) in [6.07, 6.45) is 8.11. The van der Waals surface area contributed by atoms with Crippen LogP contribution in [0.1, 0.15) is 45.4 Å². The second kappa shape index (κ2) is 17.5. The monoisotopic (exact) mass is 320 g/mol. The number of allylic oxidation sites excluding steroid dienone is 1. The Labute approximate surface area is 151 Å². The van der Waals surface area contributed by atoms with Gasteiger partial charge in [-0.3, -0.25) is 4.79 Å². The fourth-order valence-electron chi connectivity index (χ4n) is 1.89. The van der Waals surface area contributed by atoms with Gasteiger partial charge in [-0.25, -0.2) is 0 Å². The smallest absolute Gasteiger partial charge is 0.862 e. The third-order valence-electron chi connectivity index (χ3n) is 3.16. The number of carboxylic acid groups (broad SMARTS) is 1. The molecule has 0 fully saturated rings. The number of aliphatic hydroxyl groups excluding tert-OH is 1. The molecule has 2 N–H and O–H groups in total. The molecule has 7 heteroatoms. The van der Waals surface area contributed by atoms with Gasteiger partial charge in [0, 0.05) is 26.2 Å². The minimum absolute atomic E-state index is 0. The molecule has 0 radical (unpaired) electrons. The number of carbonyl (C=O) groups is 1. The molecule has 0 atom stereocenters. The Balaban J connectivity index is 0. The number of aliphatic carboxylic acids is 1. The van der Waals surface area contributed by atoms with Crippen LogP contribution in [0.4, 0.5) is 0 Å². The number of nitrogens with zero attached hydrogens (tertiary/aromatic N) is 2. The summed E-state index contributed by atoms with van der Waals surface area (Å²) in [6, 6.07) is 0. The van der Waals surface area contributed by atoms with E-state index in [1.54, 1.807) is 0 Å². The van der Waals surface area contributed by atoms with Crippen LogP contribution in [0.15, 0.2) is 17.1 Å². The summed E-state index contributed by atoms with van der Waals surface area (Å²) in [6.45, 7) is 4.13. The zero-order valence-corrected chi connectivity index (χ0v) is 14.5. The first-order chi connectivity index (χ1) is 10.6. The fourth-order valence-corrected chi connectivity index (χ4v) is 1.89. The molecular formula is C16H29LiN2O4. The van der Waals surface area contributed by atoms with E-state index in [-0.39, 0.29) is 37.8 Å². The van der Waals surface area contributed by atoms with Crippen molar-refractivity contribution in [3.05, 3.63) is 12.2 Å². The van der Waals surface area contributed by atoms with Gasteiger partial charge in [-0.2, -0.15) is 0 Å². The summed E-state index contributed by atoms with van der Waals surface area (Å²) in [5.74, 6) is -0.993. The molecule has 0 heterocycles. The zero-order valence-electron chi connectivity index (χ0n) is 14.5. The second-order valence-electron chi connectivity index (χ2n) is 5.16. The fraction of sp³-hybridized carbons (Fsp3) is 0.750. The molecule has 0 unspecified atom stereocenters. The molecule has 0 aromatic heterocycles. The summed E-state index contributed by atoms with van der Waals surface area (Å²) in [5, 5.41) is 29.1. The molecule has 0 aromatic carbocycles. The van der Waals surface area contributed by atoms with Gasteiger partial charge in [-0.15, -0.1) is 0 Å². The quantitative estimate of drug-likeness (QED) is 0.127. The summed E-state index contributed by atoms with van der Waals surface area (Å²) in [4.78, 5) is 16.5. The normalized spacial score (nSPS) is 11.9. The number of carboxylic acids is 1. The average Bonchev–Trinajstić information content (AvgIpc) is 2.49. The van der Waals surface area contributed by atoms with E-state index < -0.39 is 5.97 Å². The third kappa shape index (κ3) is 17.4. The Morgan fingerprint density at radius 2 is 1.96 bits per heavy atom. The van der Waals surface area contributed by atoms with Crippen molar-refractivity contribution in [3.8, 4) is 0 Å². The Bertz CT molecular complexity index is 349. The first kappa shape index (κ1) is 24.4. The van der Waals surface area contributed by atoms with E-state index in [1.165, 1.54) is 0 Å². The van der Waals surface area contributed by atoms with Gasteiger partial charge >= 0.3 is 24.8 Å². The first-order valence-corrected chi connectivity index (χ1v) is 8.00. The predicted octanol–water partition coefficient (Wildman–Crippen LogP) is -1.96. The van der Waals surface area contributed by atoms with Crippen LogP contribution in [0.3, 0.4) is 0 Å². The molecule has 0 rings (SSSR count). The number of aliphatic imine (C=N–C) groups is 1.